The van der Waals surface area contributed by atoms with Crippen molar-refractivity contribution in [2.75, 3.05) is 39.3 Å². The summed E-state index contributed by atoms with van der Waals surface area (Å²) < 4.78 is 0. The number of piperidine rings is 2. The van der Waals surface area contributed by atoms with Crippen molar-refractivity contribution in [3.05, 3.63) is 25.3 Å². The fourth-order valence-corrected chi connectivity index (χ4v) is 4.61. The van der Waals surface area contributed by atoms with Crippen LogP contribution in [0.15, 0.2) is 25.3 Å². The van der Waals surface area contributed by atoms with E-state index in [9.17, 15) is 9.59 Å². The molecular weight excluding hydrogens is 362 g/mol. The highest BCUT2D eigenvalue weighted by Crippen LogP contribution is 2.35. The molecule has 0 aromatic heterocycles. The normalized spacial score (nSPS) is 27.1. The number of halogens is 1. The van der Waals surface area contributed by atoms with E-state index in [2.05, 4.69) is 18.5 Å². The van der Waals surface area contributed by atoms with Crippen LogP contribution in [0.1, 0.15) is 38.5 Å². The van der Waals surface area contributed by atoms with Crippen molar-refractivity contribution in [3.63, 3.8) is 0 Å². The number of carbonyl (C=O) groups is 2. The summed E-state index contributed by atoms with van der Waals surface area (Å²) in [6, 6.07) is 0. The van der Waals surface area contributed by atoms with Gasteiger partial charge in [-0.2, -0.15) is 0 Å². The lowest BCUT2D eigenvalue weighted by molar-refractivity contribution is -0.148. The van der Waals surface area contributed by atoms with Crippen LogP contribution in [0, 0.1) is 17.3 Å². The Balaban J connectivity index is 0.00000261. The van der Waals surface area contributed by atoms with Crippen molar-refractivity contribution in [3.8, 4) is 0 Å². The van der Waals surface area contributed by atoms with Crippen molar-refractivity contribution in [1.82, 2.24) is 15.1 Å². The highest BCUT2D eigenvalue weighted by atomic mass is 35.5. The SMILES string of the molecule is C=CC1CCN(C(=O)CC2(C(=O)N3CCC(C=C)CC3)CCNC2)CC1.Cl. The molecule has 3 aliphatic heterocycles. The largest absolute Gasteiger partial charge is 0.343 e. The Hall–Kier alpha value is -1.33. The molecule has 1 N–H and O–H groups in total. The van der Waals surface area contributed by atoms with Gasteiger partial charge in [-0.15, -0.1) is 25.6 Å². The maximum absolute atomic E-state index is 13.3. The third kappa shape index (κ3) is 4.94. The molecule has 6 heteroatoms. The zero-order valence-corrected chi connectivity index (χ0v) is 17.1. The zero-order chi connectivity index (χ0) is 18.6. The van der Waals surface area contributed by atoms with Crippen LogP contribution in [0.2, 0.25) is 0 Å². The first kappa shape index (κ1) is 22.0. The predicted octanol–water partition coefficient (Wildman–Crippen LogP) is 2.63. The number of allylic oxidation sites excluding steroid dienone is 2. The molecular formula is C21H34ClN3O2. The van der Waals surface area contributed by atoms with Crippen molar-refractivity contribution < 1.29 is 9.59 Å². The first-order valence-electron chi connectivity index (χ1n) is 10.1. The Bertz CT molecular complexity index is 544. The lowest BCUT2D eigenvalue weighted by Gasteiger charge is -2.39. The van der Waals surface area contributed by atoms with Crippen molar-refractivity contribution >= 4 is 24.2 Å². The maximum Gasteiger partial charge on any atom is 0.230 e. The minimum Gasteiger partial charge on any atom is -0.343 e. The summed E-state index contributed by atoms with van der Waals surface area (Å²) in [5, 5.41) is 3.33. The topological polar surface area (TPSA) is 52.7 Å². The van der Waals surface area contributed by atoms with E-state index in [0.29, 0.717) is 24.8 Å². The Labute approximate surface area is 169 Å². The van der Waals surface area contributed by atoms with Gasteiger partial charge in [-0.3, -0.25) is 9.59 Å². The maximum atomic E-state index is 13.3. The van der Waals surface area contributed by atoms with E-state index in [1.165, 1.54) is 0 Å². The van der Waals surface area contributed by atoms with Crippen LogP contribution in [0.5, 0.6) is 0 Å². The average Bonchev–Trinajstić information content (AvgIpc) is 3.17. The Morgan fingerprint density at radius 3 is 1.93 bits per heavy atom. The van der Waals surface area contributed by atoms with Crippen molar-refractivity contribution in [2.24, 2.45) is 17.3 Å². The average molecular weight is 396 g/mol. The molecule has 0 aromatic rings. The summed E-state index contributed by atoms with van der Waals surface area (Å²) in [7, 11) is 0. The third-order valence-electron chi connectivity index (χ3n) is 6.57. The van der Waals surface area contributed by atoms with E-state index in [1.54, 1.807) is 0 Å². The molecule has 3 fully saturated rings. The van der Waals surface area contributed by atoms with Gasteiger partial charge in [0.2, 0.25) is 11.8 Å². The fraction of sp³-hybridized carbons (Fsp3) is 0.714. The molecule has 1 atom stereocenters. The summed E-state index contributed by atoms with van der Waals surface area (Å²) in [5.74, 6) is 1.36. The number of nitrogens with one attached hydrogen (secondary N) is 1. The summed E-state index contributed by atoms with van der Waals surface area (Å²) in [6.45, 7) is 12.3. The van der Waals surface area contributed by atoms with E-state index in [-0.39, 0.29) is 24.2 Å². The van der Waals surface area contributed by atoms with E-state index in [0.717, 1.165) is 64.8 Å². The van der Waals surface area contributed by atoms with Gasteiger partial charge in [0.1, 0.15) is 0 Å². The fourth-order valence-electron chi connectivity index (χ4n) is 4.61. The molecule has 152 valence electrons. The van der Waals surface area contributed by atoms with Crippen LogP contribution in [0.3, 0.4) is 0 Å². The number of nitrogens with zero attached hydrogens (tertiary/aromatic N) is 2. The van der Waals surface area contributed by atoms with Gasteiger partial charge in [-0.25, -0.2) is 0 Å². The lowest BCUT2D eigenvalue weighted by Crippen LogP contribution is -2.51. The standard InChI is InChI=1S/C21H33N3O2.ClH/c1-3-17-5-11-23(12-6-17)19(25)15-21(9-10-22-16-21)20(26)24-13-7-18(4-2)8-14-24;/h3-4,17-18,22H,1-2,5-16H2;1H. The molecule has 0 aliphatic carbocycles. The molecule has 3 heterocycles. The first-order valence-corrected chi connectivity index (χ1v) is 10.1. The minimum atomic E-state index is -0.548. The van der Waals surface area contributed by atoms with Gasteiger partial charge in [0, 0.05) is 39.1 Å². The van der Waals surface area contributed by atoms with Gasteiger partial charge in [0.05, 0.1) is 5.41 Å². The van der Waals surface area contributed by atoms with Crippen molar-refractivity contribution in [1.29, 1.82) is 0 Å². The van der Waals surface area contributed by atoms with Gasteiger partial charge in [0.25, 0.3) is 0 Å². The molecule has 0 saturated carbocycles. The molecule has 3 saturated heterocycles. The second-order valence-corrected chi connectivity index (χ2v) is 8.20. The van der Waals surface area contributed by atoms with Crippen LogP contribution in [-0.2, 0) is 9.59 Å². The van der Waals surface area contributed by atoms with E-state index in [4.69, 9.17) is 0 Å². The van der Waals surface area contributed by atoms with E-state index < -0.39 is 5.41 Å². The molecule has 0 radical (unpaired) electrons. The number of likely N-dealkylation sites (tertiary alicyclic amines) is 2. The quantitative estimate of drug-likeness (QED) is 0.728. The predicted molar refractivity (Wildman–Crippen MR) is 111 cm³/mol. The van der Waals surface area contributed by atoms with Crippen LogP contribution in [0.25, 0.3) is 0 Å². The highest BCUT2D eigenvalue weighted by molar-refractivity contribution is 5.89. The minimum absolute atomic E-state index is 0. The smallest absolute Gasteiger partial charge is 0.230 e. The second-order valence-electron chi connectivity index (χ2n) is 8.20. The molecule has 2 amide bonds. The van der Waals surface area contributed by atoms with E-state index >= 15 is 0 Å². The summed E-state index contributed by atoms with van der Waals surface area (Å²) in [5.41, 5.74) is -0.548. The van der Waals surface area contributed by atoms with Crippen LogP contribution < -0.4 is 5.32 Å². The number of amides is 2. The Morgan fingerprint density at radius 2 is 1.48 bits per heavy atom. The van der Waals surface area contributed by atoms with Gasteiger partial charge in [-0.05, 0) is 50.5 Å². The Morgan fingerprint density at radius 1 is 0.963 bits per heavy atom. The van der Waals surface area contributed by atoms with Crippen molar-refractivity contribution in [2.45, 2.75) is 38.5 Å². The second kappa shape index (κ2) is 9.74. The van der Waals surface area contributed by atoms with Crippen LogP contribution >= 0.6 is 12.4 Å². The van der Waals surface area contributed by atoms with Crippen LogP contribution in [0.4, 0.5) is 0 Å². The summed E-state index contributed by atoms with van der Waals surface area (Å²) >= 11 is 0. The van der Waals surface area contributed by atoms with Gasteiger partial charge < -0.3 is 15.1 Å². The first-order chi connectivity index (χ1) is 12.6. The Kier molecular flexibility index (Phi) is 7.92. The highest BCUT2D eigenvalue weighted by Gasteiger charge is 2.46. The lowest BCUT2D eigenvalue weighted by atomic mass is 9.80. The number of carbonyl (C=O) groups excluding carboxylic acids is 2. The van der Waals surface area contributed by atoms with Gasteiger partial charge >= 0.3 is 0 Å². The molecule has 0 bridgehead atoms. The molecule has 0 aromatic carbocycles. The molecule has 3 rings (SSSR count). The molecule has 27 heavy (non-hydrogen) atoms. The number of hydrogen-bond donors (Lipinski definition) is 1. The van der Waals surface area contributed by atoms with Gasteiger partial charge in [-0.1, -0.05) is 12.2 Å². The number of rotatable bonds is 5. The molecule has 0 spiro atoms. The molecule has 3 aliphatic rings. The third-order valence-corrected chi connectivity index (χ3v) is 6.57. The molecule has 5 nitrogen and oxygen atoms in total. The number of hydrogen-bond acceptors (Lipinski definition) is 3. The van der Waals surface area contributed by atoms with E-state index in [1.807, 2.05) is 22.0 Å². The van der Waals surface area contributed by atoms with Gasteiger partial charge in [0.15, 0.2) is 0 Å². The van der Waals surface area contributed by atoms with Crippen LogP contribution in [-0.4, -0.2) is 60.9 Å². The zero-order valence-electron chi connectivity index (χ0n) is 16.3. The monoisotopic (exact) mass is 395 g/mol. The summed E-state index contributed by atoms with van der Waals surface area (Å²) in [4.78, 5) is 30.2. The molecule has 1 unspecified atom stereocenters. The summed E-state index contributed by atoms with van der Waals surface area (Å²) in [6.07, 6.45) is 9.07.